The van der Waals surface area contributed by atoms with Crippen LogP contribution in [-0.4, -0.2) is 67.0 Å². The van der Waals surface area contributed by atoms with Crippen molar-refractivity contribution in [2.24, 2.45) is 0 Å². The number of amides is 1. The third kappa shape index (κ3) is 11.1. The molecule has 0 saturated carbocycles. The second-order valence-electron chi connectivity index (χ2n) is 9.03. The van der Waals surface area contributed by atoms with E-state index in [4.69, 9.17) is 18.9 Å². The maximum absolute atomic E-state index is 13.2. The first-order chi connectivity index (χ1) is 18.2. The van der Waals surface area contributed by atoms with Gasteiger partial charge in [-0.2, -0.15) is 0 Å². The van der Waals surface area contributed by atoms with Crippen molar-refractivity contribution in [2.75, 3.05) is 26.4 Å². The monoisotopic (exact) mass is 532 g/mol. The Morgan fingerprint density at radius 1 is 0.974 bits per heavy atom. The van der Waals surface area contributed by atoms with Gasteiger partial charge in [-0.3, -0.25) is 9.59 Å². The van der Waals surface area contributed by atoms with Gasteiger partial charge in [-0.15, -0.1) is 10.1 Å². The molecule has 1 amide bonds. The zero-order valence-electron chi connectivity index (χ0n) is 22.2. The maximum atomic E-state index is 13.2. The lowest BCUT2D eigenvalue weighted by Gasteiger charge is -2.30. The molecule has 2 rings (SSSR count). The average molecular weight is 533 g/mol. The van der Waals surface area contributed by atoms with E-state index in [2.05, 4.69) is 4.84 Å². The van der Waals surface area contributed by atoms with Crippen molar-refractivity contribution in [3.63, 3.8) is 0 Å². The topological polar surface area (TPSA) is 127 Å². The number of hydrogen-bond donors (Lipinski definition) is 0. The Hall–Kier alpha value is -3.70. The molecule has 0 aromatic heterocycles. The average Bonchev–Trinajstić information content (AvgIpc) is 2.89. The molecule has 208 valence electrons. The molecule has 0 fully saturated rings. The number of rotatable bonds is 18. The maximum Gasteiger partial charge on any atom is 0.294 e. The molecule has 0 bridgehead atoms. The first kappa shape index (κ1) is 30.5. The van der Waals surface area contributed by atoms with E-state index >= 15 is 0 Å². The van der Waals surface area contributed by atoms with Crippen molar-refractivity contribution in [3.05, 3.63) is 75.3 Å². The van der Waals surface area contributed by atoms with Crippen LogP contribution in [0.2, 0.25) is 0 Å². The summed E-state index contributed by atoms with van der Waals surface area (Å²) in [7, 11) is 0. The molecule has 0 radical (unpaired) electrons. The highest BCUT2D eigenvalue weighted by Crippen LogP contribution is 2.16. The lowest BCUT2D eigenvalue weighted by Crippen LogP contribution is -2.44. The van der Waals surface area contributed by atoms with E-state index < -0.39 is 11.2 Å². The number of hydrogen-bond acceptors (Lipinski definition) is 9. The van der Waals surface area contributed by atoms with Crippen molar-refractivity contribution in [3.8, 4) is 5.75 Å². The Morgan fingerprint density at radius 3 is 2.18 bits per heavy atom. The van der Waals surface area contributed by atoms with E-state index in [9.17, 15) is 19.7 Å². The Bertz CT molecular complexity index is 995. The van der Waals surface area contributed by atoms with Crippen LogP contribution < -0.4 is 4.74 Å². The van der Waals surface area contributed by atoms with Crippen molar-refractivity contribution < 1.29 is 38.5 Å². The van der Waals surface area contributed by atoms with Crippen LogP contribution in [0.15, 0.2) is 48.5 Å². The minimum atomic E-state index is -0.872. The fourth-order valence-electron chi connectivity index (χ4n) is 3.40. The van der Waals surface area contributed by atoms with Gasteiger partial charge in [0.05, 0.1) is 32.5 Å². The smallest absolute Gasteiger partial charge is 0.294 e. The van der Waals surface area contributed by atoms with Crippen LogP contribution in [0.4, 0.5) is 0 Å². The molecule has 2 aromatic carbocycles. The lowest BCUT2D eigenvalue weighted by molar-refractivity contribution is -0.763. The normalized spacial score (nSPS) is 11.7. The second-order valence-corrected chi connectivity index (χ2v) is 9.03. The van der Waals surface area contributed by atoms with E-state index in [0.29, 0.717) is 43.2 Å². The van der Waals surface area contributed by atoms with Gasteiger partial charge in [0, 0.05) is 11.6 Å². The fraction of sp³-hybridized carbons (Fsp3) is 0.481. The third-order valence-electron chi connectivity index (χ3n) is 5.38. The van der Waals surface area contributed by atoms with Gasteiger partial charge < -0.3 is 28.7 Å². The SMILES string of the molecule is CC(C)OCCOCc1ccc(OCC(CN(C(=O)c2ccc(CO[N+](=O)[O-])cc2)C(C)C)OC=O)cc1. The van der Waals surface area contributed by atoms with Crippen LogP contribution >= 0.6 is 0 Å². The highest BCUT2D eigenvalue weighted by Gasteiger charge is 2.24. The summed E-state index contributed by atoms with van der Waals surface area (Å²) in [6, 6.07) is 13.5. The minimum Gasteiger partial charge on any atom is -0.490 e. The van der Waals surface area contributed by atoms with E-state index in [1.807, 2.05) is 39.8 Å². The predicted molar refractivity (Wildman–Crippen MR) is 138 cm³/mol. The zero-order valence-corrected chi connectivity index (χ0v) is 22.2. The zero-order chi connectivity index (χ0) is 27.9. The van der Waals surface area contributed by atoms with Crippen LogP contribution in [0.1, 0.15) is 49.2 Å². The molecular formula is C27H36N2O9. The predicted octanol–water partition coefficient (Wildman–Crippen LogP) is 3.81. The highest BCUT2D eigenvalue weighted by molar-refractivity contribution is 5.94. The minimum absolute atomic E-state index is 0.0504. The summed E-state index contributed by atoms with van der Waals surface area (Å²) >= 11 is 0. The fourth-order valence-corrected chi connectivity index (χ4v) is 3.40. The van der Waals surface area contributed by atoms with Crippen LogP contribution in [0.5, 0.6) is 5.75 Å². The molecule has 2 aromatic rings. The van der Waals surface area contributed by atoms with Crippen molar-refractivity contribution >= 4 is 12.4 Å². The third-order valence-corrected chi connectivity index (χ3v) is 5.38. The van der Waals surface area contributed by atoms with Gasteiger partial charge in [0.1, 0.15) is 19.0 Å². The van der Waals surface area contributed by atoms with E-state index in [1.165, 1.54) is 0 Å². The number of ether oxygens (including phenoxy) is 4. The highest BCUT2D eigenvalue weighted by atomic mass is 16.9. The standard InChI is InChI=1S/C27H36N2O9/c1-20(2)28(27(31)24-9-5-23(6-10-24)17-38-29(32)33)15-26(37-19-30)18-36-25-11-7-22(8-12-25)16-34-13-14-35-21(3)4/h5-12,19-21,26H,13-18H2,1-4H3. The summed E-state index contributed by atoms with van der Waals surface area (Å²) in [6.45, 7) is 9.45. The summed E-state index contributed by atoms with van der Waals surface area (Å²) in [5.74, 6) is 0.315. The van der Waals surface area contributed by atoms with E-state index in [-0.39, 0.29) is 37.8 Å². The Balaban J connectivity index is 1.92. The molecule has 0 saturated heterocycles. The largest absolute Gasteiger partial charge is 0.490 e. The molecule has 0 N–H and O–H groups in total. The summed E-state index contributed by atoms with van der Waals surface area (Å²) in [5.41, 5.74) is 1.93. The first-order valence-electron chi connectivity index (χ1n) is 12.4. The first-order valence-corrected chi connectivity index (χ1v) is 12.4. The summed E-state index contributed by atoms with van der Waals surface area (Å²) in [6.07, 6.45) is -0.528. The molecule has 1 unspecified atom stereocenters. The van der Waals surface area contributed by atoms with Gasteiger partial charge >= 0.3 is 0 Å². The van der Waals surface area contributed by atoms with Crippen LogP contribution in [0.3, 0.4) is 0 Å². The molecule has 0 heterocycles. The lowest BCUT2D eigenvalue weighted by atomic mass is 10.1. The quantitative estimate of drug-likeness (QED) is 0.122. The van der Waals surface area contributed by atoms with E-state index in [1.54, 1.807) is 41.3 Å². The second kappa shape index (κ2) is 16.2. The number of carbonyl (C=O) groups is 2. The molecule has 11 nitrogen and oxygen atoms in total. The van der Waals surface area contributed by atoms with Crippen LogP contribution in [-0.2, 0) is 37.1 Å². The molecule has 0 spiro atoms. The van der Waals surface area contributed by atoms with E-state index in [0.717, 1.165) is 5.56 Å². The van der Waals surface area contributed by atoms with Crippen molar-refractivity contribution in [2.45, 2.75) is 59.2 Å². The molecule has 38 heavy (non-hydrogen) atoms. The van der Waals surface area contributed by atoms with Gasteiger partial charge in [-0.1, -0.05) is 24.3 Å². The summed E-state index contributed by atoms with van der Waals surface area (Å²) < 4.78 is 22.1. The van der Waals surface area contributed by atoms with Gasteiger partial charge in [-0.25, -0.2) is 0 Å². The van der Waals surface area contributed by atoms with Crippen molar-refractivity contribution in [1.29, 1.82) is 0 Å². The molecule has 11 heteroatoms. The molecular weight excluding hydrogens is 496 g/mol. The number of benzene rings is 2. The van der Waals surface area contributed by atoms with Crippen LogP contribution in [0, 0.1) is 10.1 Å². The Labute approximate surface area is 222 Å². The summed E-state index contributed by atoms with van der Waals surface area (Å²) in [5, 5.41) is 9.50. The molecule has 0 aliphatic rings. The number of carbonyl (C=O) groups excluding carboxylic acids is 2. The Morgan fingerprint density at radius 2 is 1.61 bits per heavy atom. The van der Waals surface area contributed by atoms with Crippen molar-refractivity contribution in [1.82, 2.24) is 4.90 Å². The van der Waals surface area contributed by atoms with Gasteiger partial charge in [0.2, 0.25) is 0 Å². The van der Waals surface area contributed by atoms with Gasteiger partial charge in [-0.05, 0) is 63.1 Å². The Kier molecular flexibility index (Phi) is 13.0. The molecule has 0 aliphatic carbocycles. The number of nitrogens with zero attached hydrogens (tertiary/aromatic N) is 2. The molecule has 1 atom stereocenters. The van der Waals surface area contributed by atoms with Crippen LogP contribution in [0.25, 0.3) is 0 Å². The summed E-state index contributed by atoms with van der Waals surface area (Å²) in [4.78, 5) is 40.6. The van der Waals surface area contributed by atoms with Gasteiger partial charge in [0.25, 0.3) is 17.5 Å². The van der Waals surface area contributed by atoms with Gasteiger partial charge in [0.15, 0.2) is 6.10 Å². The molecule has 0 aliphatic heterocycles.